The number of carbonyl (C=O) groups is 2. The van der Waals surface area contributed by atoms with Gasteiger partial charge in [-0.15, -0.1) is 0 Å². The van der Waals surface area contributed by atoms with Gasteiger partial charge in [-0.3, -0.25) is 9.59 Å². The maximum atomic E-state index is 13.0. The van der Waals surface area contributed by atoms with Crippen LogP contribution < -0.4 is 15.2 Å². The molecule has 2 amide bonds. The van der Waals surface area contributed by atoms with E-state index in [1.807, 2.05) is 4.90 Å². The number of carbonyl (C=O) groups excluding carboxylic acids is 2. The van der Waals surface area contributed by atoms with Crippen molar-refractivity contribution in [2.24, 2.45) is 11.7 Å². The van der Waals surface area contributed by atoms with E-state index in [-0.39, 0.29) is 18.6 Å². The first-order valence-electron chi connectivity index (χ1n) is 8.27. The van der Waals surface area contributed by atoms with Gasteiger partial charge in [0.25, 0.3) is 11.8 Å². The highest BCUT2D eigenvalue weighted by Gasteiger charge is 2.37. The average molecular weight is 334 g/mol. The first-order valence-corrected chi connectivity index (χ1v) is 8.27. The van der Waals surface area contributed by atoms with Crippen molar-refractivity contribution >= 4 is 11.8 Å². The highest BCUT2D eigenvalue weighted by Crippen LogP contribution is 2.34. The normalized spacial score (nSPS) is 15.0. The van der Waals surface area contributed by atoms with Crippen LogP contribution >= 0.6 is 0 Å². The van der Waals surface area contributed by atoms with Gasteiger partial charge >= 0.3 is 0 Å². The van der Waals surface area contributed by atoms with Crippen LogP contribution in [0.15, 0.2) is 18.2 Å². The van der Waals surface area contributed by atoms with E-state index < -0.39 is 5.91 Å². The lowest BCUT2D eigenvalue weighted by molar-refractivity contribution is -0.119. The molecule has 0 radical (unpaired) electrons. The van der Waals surface area contributed by atoms with E-state index in [2.05, 4.69) is 20.8 Å². The molecule has 1 fully saturated rings. The molecule has 1 aromatic rings. The summed E-state index contributed by atoms with van der Waals surface area (Å²) in [4.78, 5) is 25.8. The van der Waals surface area contributed by atoms with Crippen LogP contribution in [0.2, 0.25) is 0 Å². The van der Waals surface area contributed by atoms with E-state index in [0.717, 1.165) is 12.8 Å². The first kappa shape index (κ1) is 18.1. The number of primary amides is 1. The molecule has 2 rings (SSSR count). The van der Waals surface area contributed by atoms with Gasteiger partial charge in [0.1, 0.15) is 0 Å². The molecule has 0 heterocycles. The molecule has 24 heavy (non-hydrogen) atoms. The van der Waals surface area contributed by atoms with E-state index in [9.17, 15) is 9.59 Å². The van der Waals surface area contributed by atoms with E-state index in [1.165, 1.54) is 7.11 Å². The number of hydrogen-bond donors (Lipinski definition) is 1. The van der Waals surface area contributed by atoms with Crippen molar-refractivity contribution in [1.29, 1.82) is 0 Å². The Kier molecular flexibility index (Phi) is 5.70. The minimum absolute atomic E-state index is 0.00143. The van der Waals surface area contributed by atoms with Gasteiger partial charge in [-0.2, -0.15) is 0 Å². The third kappa shape index (κ3) is 4.19. The number of nitrogens with two attached hydrogens (primary N) is 1. The predicted octanol–water partition coefficient (Wildman–Crippen LogP) is 2.21. The molecular formula is C18H26N2O4. The van der Waals surface area contributed by atoms with Crippen molar-refractivity contribution in [1.82, 2.24) is 4.90 Å². The fourth-order valence-corrected chi connectivity index (χ4v) is 2.58. The van der Waals surface area contributed by atoms with Gasteiger partial charge in [0.15, 0.2) is 18.1 Å². The summed E-state index contributed by atoms with van der Waals surface area (Å²) in [6, 6.07) is 5.48. The third-order valence-electron chi connectivity index (χ3n) is 4.36. The minimum atomic E-state index is -0.567. The Morgan fingerprint density at radius 3 is 2.42 bits per heavy atom. The maximum absolute atomic E-state index is 13.0. The SMILES string of the molecule is COc1cc(C(=O)N(C2CC2)[C@H](C)C(C)C)ccc1OCC(N)=O. The fraction of sp³-hybridized carbons (Fsp3) is 0.556. The van der Waals surface area contributed by atoms with Crippen LogP contribution in [0.25, 0.3) is 0 Å². The number of methoxy groups -OCH3 is 1. The Balaban J connectivity index is 2.23. The predicted molar refractivity (Wildman–Crippen MR) is 91.2 cm³/mol. The molecule has 2 N–H and O–H groups in total. The third-order valence-corrected chi connectivity index (χ3v) is 4.36. The molecule has 6 heteroatoms. The van der Waals surface area contributed by atoms with Crippen LogP contribution in [0.5, 0.6) is 11.5 Å². The minimum Gasteiger partial charge on any atom is -0.493 e. The Hall–Kier alpha value is -2.24. The highest BCUT2D eigenvalue weighted by molar-refractivity contribution is 5.95. The molecule has 1 aromatic carbocycles. The van der Waals surface area contributed by atoms with Crippen molar-refractivity contribution < 1.29 is 19.1 Å². The van der Waals surface area contributed by atoms with Crippen molar-refractivity contribution in [3.05, 3.63) is 23.8 Å². The number of hydrogen-bond acceptors (Lipinski definition) is 4. The fourth-order valence-electron chi connectivity index (χ4n) is 2.58. The topological polar surface area (TPSA) is 81.9 Å². The van der Waals surface area contributed by atoms with Crippen molar-refractivity contribution in [2.45, 2.75) is 45.7 Å². The molecular weight excluding hydrogens is 308 g/mol. The molecule has 0 aliphatic heterocycles. The van der Waals surface area contributed by atoms with Gasteiger partial charge in [0, 0.05) is 17.6 Å². The summed E-state index contributed by atoms with van der Waals surface area (Å²) < 4.78 is 10.6. The van der Waals surface area contributed by atoms with Crippen LogP contribution in [-0.4, -0.2) is 42.5 Å². The maximum Gasteiger partial charge on any atom is 0.255 e. The van der Waals surface area contributed by atoms with Crippen molar-refractivity contribution in [2.75, 3.05) is 13.7 Å². The zero-order valence-electron chi connectivity index (χ0n) is 14.7. The van der Waals surface area contributed by atoms with Crippen LogP contribution in [0.3, 0.4) is 0 Å². The summed E-state index contributed by atoms with van der Waals surface area (Å²) >= 11 is 0. The van der Waals surface area contributed by atoms with Gasteiger partial charge < -0.3 is 20.1 Å². The summed E-state index contributed by atoms with van der Waals surface area (Å²) in [6.45, 7) is 6.09. The Morgan fingerprint density at radius 2 is 1.92 bits per heavy atom. The Bertz CT molecular complexity index is 611. The second-order valence-electron chi connectivity index (χ2n) is 6.55. The summed E-state index contributed by atoms with van der Waals surface area (Å²) in [5, 5.41) is 0. The first-order chi connectivity index (χ1) is 11.3. The highest BCUT2D eigenvalue weighted by atomic mass is 16.5. The van der Waals surface area contributed by atoms with Crippen molar-refractivity contribution in [3.63, 3.8) is 0 Å². The van der Waals surface area contributed by atoms with E-state index >= 15 is 0 Å². The summed E-state index contributed by atoms with van der Waals surface area (Å²) in [5.74, 6) is 0.619. The zero-order valence-corrected chi connectivity index (χ0v) is 14.7. The second kappa shape index (κ2) is 7.55. The van der Waals surface area contributed by atoms with E-state index in [0.29, 0.717) is 29.0 Å². The number of nitrogens with zero attached hydrogens (tertiary/aromatic N) is 1. The second-order valence-corrected chi connectivity index (χ2v) is 6.55. The van der Waals surface area contributed by atoms with Crippen LogP contribution in [-0.2, 0) is 4.79 Å². The molecule has 0 bridgehead atoms. The lowest BCUT2D eigenvalue weighted by Crippen LogP contribution is -2.43. The number of ether oxygens (including phenoxy) is 2. The van der Waals surface area contributed by atoms with Crippen molar-refractivity contribution in [3.8, 4) is 11.5 Å². The van der Waals surface area contributed by atoms with Crippen LogP contribution in [0, 0.1) is 5.92 Å². The molecule has 0 unspecified atom stereocenters. The molecule has 1 atom stereocenters. The molecule has 6 nitrogen and oxygen atoms in total. The zero-order chi connectivity index (χ0) is 17.9. The van der Waals surface area contributed by atoms with E-state index in [4.69, 9.17) is 15.2 Å². The number of benzene rings is 1. The van der Waals surface area contributed by atoms with E-state index in [1.54, 1.807) is 18.2 Å². The van der Waals surface area contributed by atoms with Crippen LogP contribution in [0.1, 0.15) is 44.0 Å². The molecule has 0 saturated heterocycles. The Labute approximate surface area is 142 Å². The molecule has 0 aromatic heterocycles. The van der Waals surface area contributed by atoms with Gasteiger partial charge in [0.2, 0.25) is 0 Å². The summed E-state index contributed by atoms with van der Waals surface area (Å²) in [6.07, 6.45) is 2.11. The molecule has 0 spiro atoms. The standard InChI is InChI=1S/C18H26N2O4/c1-11(2)12(3)20(14-6-7-14)18(22)13-5-8-15(16(9-13)23-4)24-10-17(19)21/h5,8-9,11-12,14H,6-7,10H2,1-4H3,(H2,19,21)/t12-/m1/s1. The monoisotopic (exact) mass is 334 g/mol. The van der Waals surface area contributed by atoms with Gasteiger partial charge in [0.05, 0.1) is 7.11 Å². The average Bonchev–Trinajstić information content (AvgIpc) is 3.37. The molecule has 1 saturated carbocycles. The number of amides is 2. The lowest BCUT2D eigenvalue weighted by Gasteiger charge is -2.32. The van der Waals surface area contributed by atoms with Gasteiger partial charge in [-0.05, 0) is 43.9 Å². The quantitative estimate of drug-likeness (QED) is 0.790. The summed E-state index contributed by atoms with van der Waals surface area (Å²) in [5.41, 5.74) is 5.64. The number of rotatable bonds is 8. The lowest BCUT2D eigenvalue weighted by atomic mass is 10.0. The molecule has 132 valence electrons. The largest absolute Gasteiger partial charge is 0.493 e. The Morgan fingerprint density at radius 1 is 1.25 bits per heavy atom. The molecule has 1 aliphatic carbocycles. The van der Waals surface area contributed by atoms with Crippen LogP contribution in [0.4, 0.5) is 0 Å². The smallest absolute Gasteiger partial charge is 0.255 e. The van der Waals surface area contributed by atoms with Gasteiger partial charge in [-0.1, -0.05) is 13.8 Å². The van der Waals surface area contributed by atoms with Gasteiger partial charge in [-0.25, -0.2) is 0 Å². The summed E-state index contributed by atoms with van der Waals surface area (Å²) in [7, 11) is 1.50. The molecule has 1 aliphatic rings.